The molecule has 0 fully saturated rings. The SMILES string of the molecule is O=C(O)c1cccc(Oc2ccc(C(F)F)cn2)c1. The highest BCUT2D eigenvalue weighted by molar-refractivity contribution is 5.88. The van der Waals surface area contributed by atoms with Crippen molar-refractivity contribution < 1.29 is 23.4 Å². The summed E-state index contributed by atoms with van der Waals surface area (Å²) in [5.74, 6) is -0.685. The van der Waals surface area contributed by atoms with E-state index < -0.39 is 12.4 Å². The minimum Gasteiger partial charge on any atom is -0.478 e. The van der Waals surface area contributed by atoms with Crippen LogP contribution >= 0.6 is 0 Å². The number of aromatic carboxylic acids is 1. The summed E-state index contributed by atoms with van der Waals surface area (Å²) in [4.78, 5) is 14.5. The van der Waals surface area contributed by atoms with E-state index in [0.29, 0.717) is 0 Å². The summed E-state index contributed by atoms with van der Waals surface area (Å²) in [5, 5.41) is 8.82. The number of rotatable bonds is 4. The summed E-state index contributed by atoms with van der Waals surface area (Å²) in [6.07, 6.45) is -1.57. The number of pyridine rings is 1. The number of hydrogen-bond donors (Lipinski definition) is 1. The van der Waals surface area contributed by atoms with Gasteiger partial charge in [0.25, 0.3) is 6.43 Å². The number of nitrogens with zero attached hydrogens (tertiary/aromatic N) is 1. The van der Waals surface area contributed by atoms with Crippen molar-refractivity contribution in [3.63, 3.8) is 0 Å². The number of carboxylic acids is 1. The van der Waals surface area contributed by atoms with Crippen molar-refractivity contribution >= 4 is 5.97 Å². The number of hydrogen-bond acceptors (Lipinski definition) is 3. The van der Waals surface area contributed by atoms with Gasteiger partial charge in [0.05, 0.1) is 5.56 Å². The molecule has 0 saturated heterocycles. The molecule has 1 aromatic heterocycles. The van der Waals surface area contributed by atoms with Crippen molar-refractivity contribution in [2.75, 3.05) is 0 Å². The Morgan fingerprint density at radius 3 is 2.63 bits per heavy atom. The maximum atomic E-state index is 12.3. The monoisotopic (exact) mass is 265 g/mol. The summed E-state index contributed by atoms with van der Waals surface area (Å²) < 4.78 is 29.9. The van der Waals surface area contributed by atoms with E-state index in [1.807, 2.05) is 0 Å². The Morgan fingerprint density at radius 1 is 1.26 bits per heavy atom. The predicted octanol–water partition coefficient (Wildman–Crippen LogP) is 3.51. The second-order valence-corrected chi connectivity index (χ2v) is 3.67. The van der Waals surface area contributed by atoms with Gasteiger partial charge < -0.3 is 9.84 Å². The van der Waals surface area contributed by atoms with Crippen molar-refractivity contribution in [1.29, 1.82) is 0 Å². The van der Waals surface area contributed by atoms with Crippen LogP contribution in [0, 0.1) is 0 Å². The van der Waals surface area contributed by atoms with E-state index in [2.05, 4.69) is 4.98 Å². The summed E-state index contributed by atoms with van der Waals surface area (Å²) in [7, 11) is 0. The fourth-order valence-corrected chi connectivity index (χ4v) is 1.39. The van der Waals surface area contributed by atoms with Gasteiger partial charge in [-0.1, -0.05) is 6.07 Å². The quantitative estimate of drug-likeness (QED) is 0.918. The van der Waals surface area contributed by atoms with Crippen molar-refractivity contribution in [1.82, 2.24) is 4.98 Å². The van der Waals surface area contributed by atoms with Crippen LogP contribution in [-0.2, 0) is 0 Å². The first-order valence-electron chi connectivity index (χ1n) is 5.31. The van der Waals surface area contributed by atoms with Gasteiger partial charge in [-0.15, -0.1) is 0 Å². The average molecular weight is 265 g/mol. The van der Waals surface area contributed by atoms with Crippen molar-refractivity contribution in [2.24, 2.45) is 0 Å². The maximum absolute atomic E-state index is 12.3. The lowest BCUT2D eigenvalue weighted by Gasteiger charge is -2.06. The second kappa shape index (κ2) is 5.43. The molecule has 19 heavy (non-hydrogen) atoms. The number of aromatic nitrogens is 1. The third-order valence-electron chi connectivity index (χ3n) is 2.31. The molecule has 4 nitrogen and oxygen atoms in total. The van der Waals surface area contributed by atoms with Crippen LogP contribution in [0.15, 0.2) is 42.6 Å². The highest BCUT2D eigenvalue weighted by Crippen LogP contribution is 2.23. The molecule has 1 N–H and O–H groups in total. The molecular formula is C13H9F2NO3. The van der Waals surface area contributed by atoms with Gasteiger partial charge >= 0.3 is 5.97 Å². The van der Waals surface area contributed by atoms with Crippen LogP contribution in [0.25, 0.3) is 0 Å². The largest absolute Gasteiger partial charge is 0.478 e. The maximum Gasteiger partial charge on any atom is 0.335 e. The first kappa shape index (κ1) is 12.9. The molecule has 0 radical (unpaired) electrons. The molecule has 6 heteroatoms. The molecular weight excluding hydrogens is 256 g/mol. The summed E-state index contributed by atoms with van der Waals surface area (Å²) in [6.45, 7) is 0. The van der Waals surface area contributed by atoms with Crippen LogP contribution < -0.4 is 4.74 Å². The van der Waals surface area contributed by atoms with Gasteiger partial charge in [0.2, 0.25) is 5.88 Å². The molecule has 0 saturated carbocycles. The van der Waals surface area contributed by atoms with Crippen LogP contribution in [0.5, 0.6) is 11.6 Å². The Hall–Kier alpha value is -2.50. The standard InChI is InChI=1S/C13H9F2NO3/c14-12(15)9-4-5-11(16-7-9)19-10-3-1-2-8(6-10)13(17)18/h1-7,12H,(H,17,18). The van der Waals surface area contributed by atoms with Gasteiger partial charge in [-0.05, 0) is 24.3 Å². The molecule has 0 bridgehead atoms. The van der Waals surface area contributed by atoms with Crippen molar-refractivity contribution in [3.8, 4) is 11.6 Å². The van der Waals surface area contributed by atoms with E-state index in [9.17, 15) is 13.6 Å². The van der Waals surface area contributed by atoms with Crippen LogP contribution in [0.4, 0.5) is 8.78 Å². The normalized spacial score (nSPS) is 10.5. The summed E-state index contributed by atoms with van der Waals surface area (Å²) in [5.41, 5.74) is -0.131. The van der Waals surface area contributed by atoms with E-state index in [1.165, 1.54) is 30.3 Å². The minimum atomic E-state index is -2.59. The minimum absolute atomic E-state index is 0.0710. The molecule has 98 valence electrons. The summed E-state index contributed by atoms with van der Waals surface area (Å²) >= 11 is 0. The zero-order valence-corrected chi connectivity index (χ0v) is 9.59. The number of benzene rings is 1. The average Bonchev–Trinajstić information content (AvgIpc) is 2.39. The van der Waals surface area contributed by atoms with Crippen molar-refractivity contribution in [3.05, 3.63) is 53.7 Å². The lowest BCUT2D eigenvalue weighted by atomic mass is 10.2. The molecule has 0 atom stereocenters. The molecule has 0 unspecified atom stereocenters. The van der Waals surface area contributed by atoms with E-state index in [-0.39, 0.29) is 22.8 Å². The zero-order valence-electron chi connectivity index (χ0n) is 9.59. The van der Waals surface area contributed by atoms with Crippen LogP contribution in [0.3, 0.4) is 0 Å². The molecule has 0 aliphatic heterocycles. The lowest BCUT2D eigenvalue weighted by molar-refractivity contribution is 0.0696. The second-order valence-electron chi connectivity index (χ2n) is 3.67. The molecule has 0 amide bonds. The number of alkyl halides is 2. The Balaban J connectivity index is 2.16. The molecule has 0 aliphatic rings. The first-order chi connectivity index (χ1) is 9.06. The molecule has 1 heterocycles. The van der Waals surface area contributed by atoms with E-state index in [4.69, 9.17) is 9.84 Å². The number of ether oxygens (including phenoxy) is 1. The van der Waals surface area contributed by atoms with Gasteiger partial charge in [-0.25, -0.2) is 18.6 Å². The summed E-state index contributed by atoms with van der Waals surface area (Å²) in [6, 6.07) is 8.32. The molecule has 2 rings (SSSR count). The number of carboxylic acid groups (broad SMARTS) is 1. The molecule has 1 aromatic carbocycles. The fourth-order valence-electron chi connectivity index (χ4n) is 1.39. The zero-order chi connectivity index (χ0) is 13.8. The van der Waals surface area contributed by atoms with Crippen LogP contribution in [0.1, 0.15) is 22.3 Å². The third-order valence-corrected chi connectivity index (χ3v) is 2.31. The van der Waals surface area contributed by atoms with Crippen molar-refractivity contribution in [2.45, 2.75) is 6.43 Å². The van der Waals surface area contributed by atoms with Gasteiger partial charge in [-0.3, -0.25) is 0 Å². The lowest BCUT2D eigenvalue weighted by Crippen LogP contribution is -1.96. The Labute approximate surface area is 107 Å². The number of carbonyl (C=O) groups is 1. The predicted molar refractivity (Wildman–Crippen MR) is 62.7 cm³/mol. The molecule has 0 spiro atoms. The van der Waals surface area contributed by atoms with Crippen LogP contribution in [0.2, 0.25) is 0 Å². The smallest absolute Gasteiger partial charge is 0.335 e. The van der Waals surface area contributed by atoms with Gasteiger partial charge in [0.1, 0.15) is 5.75 Å². The third kappa shape index (κ3) is 3.25. The topological polar surface area (TPSA) is 59.4 Å². The van der Waals surface area contributed by atoms with E-state index in [0.717, 1.165) is 6.20 Å². The van der Waals surface area contributed by atoms with E-state index in [1.54, 1.807) is 6.07 Å². The van der Waals surface area contributed by atoms with Gasteiger partial charge in [0.15, 0.2) is 0 Å². The van der Waals surface area contributed by atoms with Gasteiger partial charge in [-0.2, -0.15) is 0 Å². The Morgan fingerprint density at radius 2 is 2.05 bits per heavy atom. The molecule has 2 aromatic rings. The number of halogens is 2. The Kier molecular flexibility index (Phi) is 3.70. The fraction of sp³-hybridized carbons (Fsp3) is 0.0769. The first-order valence-corrected chi connectivity index (χ1v) is 5.31. The van der Waals surface area contributed by atoms with Gasteiger partial charge in [0, 0.05) is 17.8 Å². The van der Waals surface area contributed by atoms with E-state index >= 15 is 0 Å². The van der Waals surface area contributed by atoms with Crippen LogP contribution in [-0.4, -0.2) is 16.1 Å². The molecule has 0 aliphatic carbocycles. The highest BCUT2D eigenvalue weighted by Gasteiger charge is 2.08. The highest BCUT2D eigenvalue weighted by atomic mass is 19.3. The Bertz CT molecular complexity index is 585.